The molecular formula is C16H16ClN3. The minimum atomic E-state index is 0.779. The summed E-state index contributed by atoms with van der Waals surface area (Å²) in [6.07, 6.45) is 1.83. The number of hydrogen-bond donors (Lipinski definition) is 1. The molecule has 0 aliphatic carbocycles. The van der Waals surface area contributed by atoms with Crippen LogP contribution in [0.5, 0.6) is 0 Å². The molecule has 0 spiro atoms. The van der Waals surface area contributed by atoms with Crippen molar-refractivity contribution < 1.29 is 0 Å². The third kappa shape index (κ3) is 2.42. The van der Waals surface area contributed by atoms with Crippen LogP contribution < -0.4 is 5.32 Å². The van der Waals surface area contributed by atoms with Crippen molar-refractivity contribution in [1.29, 1.82) is 0 Å². The van der Waals surface area contributed by atoms with Crippen LogP contribution in [0, 0.1) is 0 Å². The van der Waals surface area contributed by atoms with E-state index in [2.05, 4.69) is 40.0 Å². The topological polar surface area (TPSA) is 29.9 Å². The molecule has 0 aliphatic rings. The first-order chi connectivity index (χ1) is 9.79. The van der Waals surface area contributed by atoms with E-state index in [4.69, 9.17) is 11.6 Å². The van der Waals surface area contributed by atoms with Crippen LogP contribution in [0.1, 0.15) is 12.5 Å². The number of rotatable bonds is 4. The monoisotopic (exact) mass is 285 g/mol. The van der Waals surface area contributed by atoms with Crippen molar-refractivity contribution in [2.45, 2.75) is 13.5 Å². The quantitative estimate of drug-likeness (QED) is 0.790. The SMILES string of the molecule is CCNCc1ccc(-n2cnc3ccccc32)cc1Cl. The van der Waals surface area contributed by atoms with E-state index in [0.29, 0.717) is 0 Å². The maximum atomic E-state index is 6.36. The van der Waals surface area contributed by atoms with Gasteiger partial charge in [0.2, 0.25) is 0 Å². The molecule has 0 bridgehead atoms. The van der Waals surface area contributed by atoms with E-state index in [-0.39, 0.29) is 0 Å². The van der Waals surface area contributed by atoms with Gasteiger partial charge in [0, 0.05) is 17.3 Å². The maximum absolute atomic E-state index is 6.36. The van der Waals surface area contributed by atoms with Crippen LogP contribution in [-0.4, -0.2) is 16.1 Å². The number of aromatic nitrogens is 2. The second kappa shape index (κ2) is 5.65. The fourth-order valence-corrected chi connectivity index (χ4v) is 2.50. The summed E-state index contributed by atoms with van der Waals surface area (Å²) in [6, 6.07) is 14.2. The molecule has 0 amide bonds. The number of nitrogens with one attached hydrogen (secondary N) is 1. The zero-order chi connectivity index (χ0) is 13.9. The summed E-state index contributed by atoms with van der Waals surface area (Å²) in [7, 11) is 0. The van der Waals surface area contributed by atoms with E-state index in [0.717, 1.165) is 40.4 Å². The van der Waals surface area contributed by atoms with Crippen molar-refractivity contribution in [2.24, 2.45) is 0 Å². The molecule has 3 aromatic rings. The third-order valence-corrected chi connectivity index (χ3v) is 3.69. The van der Waals surface area contributed by atoms with Crippen LogP contribution in [0.3, 0.4) is 0 Å². The van der Waals surface area contributed by atoms with Gasteiger partial charge in [-0.15, -0.1) is 0 Å². The minimum absolute atomic E-state index is 0.779. The van der Waals surface area contributed by atoms with Crippen LogP contribution in [0.25, 0.3) is 16.7 Å². The Balaban J connectivity index is 2.00. The van der Waals surface area contributed by atoms with E-state index in [9.17, 15) is 0 Å². The molecule has 0 radical (unpaired) electrons. The Hall–Kier alpha value is -1.84. The molecule has 1 heterocycles. The Labute approximate surface area is 123 Å². The molecule has 4 heteroatoms. The molecule has 2 aromatic carbocycles. The molecule has 20 heavy (non-hydrogen) atoms. The van der Waals surface area contributed by atoms with Crippen LogP contribution in [-0.2, 0) is 6.54 Å². The lowest BCUT2D eigenvalue weighted by molar-refractivity contribution is 0.727. The summed E-state index contributed by atoms with van der Waals surface area (Å²) in [6.45, 7) is 3.81. The minimum Gasteiger partial charge on any atom is -0.313 e. The Morgan fingerprint density at radius 3 is 2.85 bits per heavy atom. The zero-order valence-electron chi connectivity index (χ0n) is 11.3. The highest BCUT2D eigenvalue weighted by atomic mass is 35.5. The van der Waals surface area contributed by atoms with Crippen molar-refractivity contribution in [3.8, 4) is 5.69 Å². The number of imidazole rings is 1. The summed E-state index contributed by atoms with van der Waals surface area (Å²) in [4.78, 5) is 4.40. The number of hydrogen-bond acceptors (Lipinski definition) is 2. The number of nitrogens with zero attached hydrogens (tertiary/aromatic N) is 2. The van der Waals surface area contributed by atoms with Gasteiger partial charge in [0.25, 0.3) is 0 Å². The standard InChI is InChI=1S/C16H16ClN3/c1-2-18-10-12-7-8-13(9-14(12)17)20-11-19-15-5-3-4-6-16(15)20/h3-9,11,18H,2,10H2,1H3. The molecule has 0 aliphatic heterocycles. The Morgan fingerprint density at radius 2 is 2.05 bits per heavy atom. The molecule has 3 rings (SSSR count). The van der Waals surface area contributed by atoms with Gasteiger partial charge in [-0.3, -0.25) is 4.57 Å². The third-order valence-electron chi connectivity index (χ3n) is 3.33. The fraction of sp³-hybridized carbons (Fsp3) is 0.188. The summed E-state index contributed by atoms with van der Waals surface area (Å²) in [5, 5.41) is 4.06. The largest absolute Gasteiger partial charge is 0.313 e. The van der Waals surface area contributed by atoms with Crippen molar-refractivity contribution in [1.82, 2.24) is 14.9 Å². The summed E-state index contributed by atoms with van der Waals surface area (Å²) in [5.41, 5.74) is 4.22. The molecule has 0 saturated carbocycles. The molecule has 0 unspecified atom stereocenters. The van der Waals surface area contributed by atoms with E-state index >= 15 is 0 Å². The van der Waals surface area contributed by atoms with Gasteiger partial charge in [-0.25, -0.2) is 4.98 Å². The molecule has 3 nitrogen and oxygen atoms in total. The molecule has 0 fully saturated rings. The Morgan fingerprint density at radius 1 is 1.20 bits per heavy atom. The first kappa shape index (κ1) is 13.2. The van der Waals surface area contributed by atoms with E-state index in [1.807, 2.05) is 30.6 Å². The zero-order valence-corrected chi connectivity index (χ0v) is 12.1. The summed E-state index contributed by atoms with van der Waals surface area (Å²) < 4.78 is 2.05. The lowest BCUT2D eigenvalue weighted by atomic mass is 10.2. The fourth-order valence-electron chi connectivity index (χ4n) is 2.25. The van der Waals surface area contributed by atoms with Crippen molar-refractivity contribution in [2.75, 3.05) is 6.54 Å². The van der Waals surface area contributed by atoms with Gasteiger partial charge >= 0.3 is 0 Å². The van der Waals surface area contributed by atoms with Gasteiger partial charge < -0.3 is 5.32 Å². The van der Waals surface area contributed by atoms with E-state index in [1.54, 1.807) is 0 Å². The number of halogens is 1. The van der Waals surface area contributed by atoms with Crippen molar-refractivity contribution in [3.05, 3.63) is 59.4 Å². The lowest BCUT2D eigenvalue weighted by Crippen LogP contribution is -2.12. The molecule has 0 atom stereocenters. The van der Waals surface area contributed by atoms with Gasteiger partial charge in [0.05, 0.1) is 11.0 Å². The van der Waals surface area contributed by atoms with E-state index in [1.165, 1.54) is 0 Å². The molecular weight excluding hydrogens is 270 g/mol. The lowest BCUT2D eigenvalue weighted by Gasteiger charge is -2.09. The molecule has 1 aromatic heterocycles. The van der Waals surface area contributed by atoms with Crippen LogP contribution in [0.2, 0.25) is 5.02 Å². The van der Waals surface area contributed by atoms with Gasteiger partial charge in [-0.1, -0.05) is 36.7 Å². The van der Waals surface area contributed by atoms with Crippen molar-refractivity contribution in [3.63, 3.8) is 0 Å². The van der Waals surface area contributed by atoms with Crippen LogP contribution in [0.15, 0.2) is 48.8 Å². The first-order valence-corrected chi connectivity index (χ1v) is 7.09. The average molecular weight is 286 g/mol. The van der Waals surface area contributed by atoms with Gasteiger partial charge in [-0.2, -0.15) is 0 Å². The van der Waals surface area contributed by atoms with Crippen LogP contribution in [0.4, 0.5) is 0 Å². The Bertz CT molecular complexity index is 733. The normalized spacial score (nSPS) is 11.1. The molecule has 1 N–H and O–H groups in total. The van der Waals surface area contributed by atoms with E-state index < -0.39 is 0 Å². The highest BCUT2D eigenvalue weighted by Gasteiger charge is 2.06. The van der Waals surface area contributed by atoms with Crippen molar-refractivity contribution >= 4 is 22.6 Å². The van der Waals surface area contributed by atoms with Gasteiger partial charge in [0.15, 0.2) is 0 Å². The van der Waals surface area contributed by atoms with Gasteiger partial charge in [-0.05, 0) is 36.4 Å². The number of fused-ring (bicyclic) bond motifs is 1. The molecule has 102 valence electrons. The predicted molar refractivity (Wildman–Crippen MR) is 83.5 cm³/mol. The second-order valence-corrected chi connectivity index (χ2v) is 5.07. The second-order valence-electron chi connectivity index (χ2n) is 4.66. The predicted octanol–water partition coefficient (Wildman–Crippen LogP) is 3.79. The Kier molecular flexibility index (Phi) is 3.72. The molecule has 0 saturated heterocycles. The summed E-state index contributed by atoms with van der Waals surface area (Å²) >= 11 is 6.36. The highest BCUT2D eigenvalue weighted by Crippen LogP contribution is 2.23. The number of para-hydroxylation sites is 2. The average Bonchev–Trinajstić information content (AvgIpc) is 2.90. The van der Waals surface area contributed by atoms with Gasteiger partial charge in [0.1, 0.15) is 6.33 Å². The first-order valence-electron chi connectivity index (χ1n) is 6.71. The highest BCUT2D eigenvalue weighted by molar-refractivity contribution is 6.31. The summed E-state index contributed by atoms with van der Waals surface area (Å²) in [5.74, 6) is 0. The smallest absolute Gasteiger partial charge is 0.100 e. The maximum Gasteiger partial charge on any atom is 0.100 e. The number of benzene rings is 2. The van der Waals surface area contributed by atoms with Crippen LogP contribution >= 0.6 is 11.6 Å².